The predicted octanol–water partition coefficient (Wildman–Crippen LogP) is 3.42. The molecule has 0 saturated heterocycles. The molecule has 0 aromatic heterocycles. The predicted molar refractivity (Wildman–Crippen MR) is 61.3 cm³/mol. The van der Waals surface area contributed by atoms with Gasteiger partial charge in [0, 0.05) is 11.1 Å². The number of hydrogen-bond acceptors (Lipinski definition) is 2. The van der Waals surface area contributed by atoms with Crippen molar-refractivity contribution >= 4 is 6.47 Å². The zero-order chi connectivity index (χ0) is 14.7. The molecule has 6 heteroatoms. The molecule has 0 bridgehead atoms. The molecule has 0 amide bonds. The van der Waals surface area contributed by atoms with Crippen molar-refractivity contribution in [1.29, 1.82) is 0 Å². The lowest BCUT2D eigenvalue weighted by Gasteiger charge is -2.16. The summed E-state index contributed by atoms with van der Waals surface area (Å²) in [5.74, 6) is -4.45. The summed E-state index contributed by atoms with van der Waals surface area (Å²) < 4.78 is 56.7. The van der Waals surface area contributed by atoms with E-state index in [1.165, 1.54) is 12.1 Å². The Morgan fingerprint density at radius 2 is 1.25 bits per heavy atom. The fourth-order valence-corrected chi connectivity index (χ4v) is 1.73. The summed E-state index contributed by atoms with van der Waals surface area (Å²) in [6, 6.07) is 5.62. The van der Waals surface area contributed by atoms with Crippen LogP contribution in [0.25, 0.3) is 0 Å². The summed E-state index contributed by atoms with van der Waals surface area (Å²) in [6.45, 7) is 1.15. The van der Waals surface area contributed by atoms with Gasteiger partial charge in [-0.2, -0.15) is 0 Å². The van der Waals surface area contributed by atoms with Crippen LogP contribution in [0.5, 0.6) is 0 Å². The topological polar surface area (TPSA) is 26.3 Å². The molecule has 0 N–H and O–H groups in total. The van der Waals surface area contributed by atoms with Gasteiger partial charge in [-0.1, -0.05) is 12.1 Å². The molecule has 0 spiro atoms. The van der Waals surface area contributed by atoms with Gasteiger partial charge in [-0.15, -0.1) is 0 Å². The summed E-state index contributed by atoms with van der Waals surface area (Å²) >= 11 is 0. The molecule has 0 fully saturated rings. The molecule has 2 rings (SSSR count). The number of hydrogen-bond donors (Lipinski definition) is 0. The fourth-order valence-electron chi connectivity index (χ4n) is 1.73. The third kappa shape index (κ3) is 2.79. The lowest BCUT2D eigenvalue weighted by Crippen LogP contribution is -2.07. The smallest absolute Gasteiger partial charge is 0.418 e. The highest BCUT2D eigenvalue weighted by Gasteiger charge is 2.19. The molecule has 0 atom stereocenters. The van der Waals surface area contributed by atoms with Gasteiger partial charge in [0.25, 0.3) is 0 Å². The summed E-state index contributed by atoms with van der Waals surface area (Å²) in [4.78, 5) is 10.4. The Hall–Kier alpha value is -2.37. The highest BCUT2D eigenvalue weighted by atomic mass is 19.2. The van der Waals surface area contributed by atoms with E-state index in [0.717, 1.165) is 30.7 Å². The van der Waals surface area contributed by atoms with Gasteiger partial charge in [0.2, 0.25) is 0 Å². The monoisotopic (exact) mass is 283 g/mol. The van der Waals surface area contributed by atoms with Gasteiger partial charge in [-0.25, -0.2) is 22.4 Å². The third-order valence-corrected chi connectivity index (χ3v) is 2.66. The maximum Gasteiger partial charge on any atom is 0.418 e. The normalized spacial score (nSPS) is 10.7. The lowest BCUT2D eigenvalue weighted by molar-refractivity contribution is 0.214. The molecule has 0 heterocycles. The molecule has 0 aliphatic heterocycles. The molecule has 1 radical (unpaired) electrons. The Bertz CT molecular complexity index is 592. The molecule has 103 valence electrons. The molecule has 0 unspecified atom stereocenters. The molecule has 2 nitrogen and oxygen atoms in total. The van der Waals surface area contributed by atoms with Gasteiger partial charge in [0.15, 0.2) is 29.4 Å². The van der Waals surface area contributed by atoms with Crippen LogP contribution in [0.4, 0.5) is 17.6 Å². The number of ether oxygens (including phenoxy) is 1. The summed E-state index contributed by atoms with van der Waals surface area (Å²) in [5, 5.41) is 0. The molecule has 2 aromatic rings. The van der Waals surface area contributed by atoms with Gasteiger partial charge < -0.3 is 4.74 Å². The van der Waals surface area contributed by atoms with Crippen LogP contribution in [0.1, 0.15) is 17.2 Å². The number of benzene rings is 2. The zero-order valence-electron chi connectivity index (χ0n) is 9.87. The zero-order valence-corrected chi connectivity index (χ0v) is 9.87. The van der Waals surface area contributed by atoms with E-state index in [4.69, 9.17) is 0 Å². The number of halogens is 4. The minimum absolute atomic E-state index is 0.0678. The van der Waals surface area contributed by atoms with Crippen molar-refractivity contribution in [2.75, 3.05) is 0 Å². The van der Waals surface area contributed by atoms with Crippen LogP contribution < -0.4 is 0 Å². The lowest BCUT2D eigenvalue weighted by atomic mass is 10.0. The van der Waals surface area contributed by atoms with Gasteiger partial charge in [-0.3, -0.25) is 0 Å². The molecule has 0 aliphatic rings. The molecular formula is C14H7F4O2. The quantitative estimate of drug-likeness (QED) is 0.804. The van der Waals surface area contributed by atoms with Crippen molar-refractivity contribution in [1.82, 2.24) is 0 Å². The minimum atomic E-state index is -1.21. The van der Waals surface area contributed by atoms with Crippen molar-refractivity contribution in [2.24, 2.45) is 0 Å². The van der Waals surface area contributed by atoms with E-state index in [9.17, 15) is 22.4 Å². The van der Waals surface area contributed by atoms with E-state index in [1.807, 2.05) is 0 Å². The van der Waals surface area contributed by atoms with Crippen molar-refractivity contribution in [3.63, 3.8) is 0 Å². The van der Waals surface area contributed by atoms with E-state index in [-0.39, 0.29) is 11.1 Å². The summed E-state index contributed by atoms with van der Waals surface area (Å²) in [6.07, 6.45) is -1.21. The van der Waals surface area contributed by atoms with Crippen LogP contribution in [0.2, 0.25) is 0 Å². The van der Waals surface area contributed by atoms with Crippen LogP contribution >= 0.6 is 0 Å². The van der Waals surface area contributed by atoms with Crippen molar-refractivity contribution in [3.8, 4) is 0 Å². The Labute approximate surface area is 111 Å². The second-order valence-electron chi connectivity index (χ2n) is 3.93. The Balaban J connectivity index is 2.46. The molecule has 2 aromatic carbocycles. The van der Waals surface area contributed by atoms with Crippen LogP contribution in [0.3, 0.4) is 0 Å². The summed E-state index contributed by atoms with van der Waals surface area (Å²) in [5.41, 5.74) is 0.136. The van der Waals surface area contributed by atoms with Crippen molar-refractivity contribution < 1.29 is 27.1 Å². The maximum atomic E-state index is 13.2. The Morgan fingerprint density at radius 1 is 0.800 bits per heavy atom. The van der Waals surface area contributed by atoms with E-state index in [2.05, 4.69) is 4.74 Å². The number of rotatable bonds is 4. The third-order valence-electron chi connectivity index (χ3n) is 2.66. The van der Waals surface area contributed by atoms with E-state index in [1.54, 1.807) is 0 Å². The number of carbonyl (C=O) groups excluding carboxylic acids is 1. The van der Waals surface area contributed by atoms with Crippen molar-refractivity contribution in [2.45, 2.75) is 6.10 Å². The average molecular weight is 283 g/mol. The van der Waals surface area contributed by atoms with Gasteiger partial charge >= 0.3 is 6.47 Å². The minimum Gasteiger partial charge on any atom is -0.444 e. The second kappa shape index (κ2) is 5.73. The van der Waals surface area contributed by atoms with Gasteiger partial charge in [0.1, 0.15) is 0 Å². The molecule has 0 aliphatic carbocycles. The SMILES string of the molecule is O=[C]OC(c1ccc(F)c(F)c1)c1ccc(F)c(F)c1. The van der Waals surface area contributed by atoms with Gasteiger partial charge in [-0.05, 0) is 24.3 Å². The molecular weight excluding hydrogens is 276 g/mol. The van der Waals surface area contributed by atoms with E-state index >= 15 is 0 Å². The highest BCUT2D eigenvalue weighted by Crippen LogP contribution is 2.27. The standard InChI is InChI=1S/C14H7F4O2/c15-10-3-1-8(5-12(10)17)14(20-7-19)9-2-4-11(16)13(18)6-9/h1-6,14H. The first-order chi connectivity index (χ1) is 9.52. The Morgan fingerprint density at radius 3 is 1.60 bits per heavy atom. The first-order valence-corrected chi connectivity index (χ1v) is 5.45. The van der Waals surface area contributed by atoms with E-state index in [0.29, 0.717) is 0 Å². The first-order valence-electron chi connectivity index (χ1n) is 5.45. The highest BCUT2D eigenvalue weighted by molar-refractivity contribution is 5.43. The van der Waals surface area contributed by atoms with Crippen molar-refractivity contribution in [3.05, 3.63) is 70.8 Å². The Kier molecular flexibility index (Phi) is 4.02. The molecule has 20 heavy (non-hydrogen) atoms. The first kappa shape index (κ1) is 14.0. The van der Waals surface area contributed by atoms with Gasteiger partial charge in [0.05, 0.1) is 0 Å². The van der Waals surface area contributed by atoms with E-state index < -0.39 is 29.4 Å². The van der Waals surface area contributed by atoms with Crippen LogP contribution in [-0.2, 0) is 9.53 Å². The van der Waals surface area contributed by atoms with Crippen LogP contribution in [-0.4, -0.2) is 6.47 Å². The molecule has 0 saturated carbocycles. The fraction of sp³-hybridized carbons (Fsp3) is 0.0714. The largest absolute Gasteiger partial charge is 0.444 e. The van der Waals surface area contributed by atoms with Crippen LogP contribution in [0.15, 0.2) is 36.4 Å². The summed E-state index contributed by atoms with van der Waals surface area (Å²) in [7, 11) is 0. The average Bonchev–Trinajstić information content (AvgIpc) is 2.43. The van der Waals surface area contributed by atoms with Crippen LogP contribution in [0, 0.1) is 23.3 Å². The second-order valence-corrected chi connectivity index (χ2v) is 3.93. The maximum absolute atomic E-state index is 13.2.